The Labute approximate surface area is 121 Å². The Hall–Kier alpha value is -2.33. The molecule has 0 aliphatic rings. The van der Waals surface area contributed by atoms with Gasteiger partial charge in [0.25, 0.3) is 0 Å². The second-order valence-electron chi connectivity index (χ2n) is 4.37. The van der Waals surface area contributed by atoms with Crippen molar-refractivity contribution >= 4 is 17.3 Å². The number of anilines is 1. The van der Waals surface area contributed by atoms with Gasteiger partial charge in [0.1, 0.15) is 0 Å². The van der Waals surface area contributed by atoms with E-state index in [0.717, 1.165) is 11.1 Å². The average molecular weight is 286 g/mol. The van der Waals surface area contributed by atoms with Crippen LogP contribution in [0.4, 0.5) is 5.69 Å². The molecule has 3 aromatic rings. The molecule has 0 bridgehead atoms. The highest BCUT2D eigenvalue weighted by atomic mass is 35.5. The van der Waals surface area contributed by atoms with Gasteiger partial charge in [0.2, 0.25) is 11.7 Å². The molecule has 100 valence electrons. The number of nitrogens with two attached hydrogens (primary N) is 1. The van der Waals surface area contributed by atoms with Gasteiger partial charge in [-0.2, -0.15) is 4.98 Å². The maximum atomic E-state index is 6.11. The number of hydrogen-bond acceptors (Lipinski definition) is 4. The summed E-state index contributed by atoms with van der Waals surface area (Å²) in [6.45, 7) is 0. The highest BCUT2D eigenvalue weighted by molar-refractivity contribution is 6.33. The summed E-state index contributed by atoms with van der Waals surface area (Å²) in [4.78, 5) is 4.36. The Morgan fingerprint density at radius 1 is 1.05 bits per heavy atom. The summed E-state index contributed by atoms with van der Waals surface area (Å²) in [5.74, 6) is 0.998. The third-order valence-corrected chi connectivity index (χ3v) is 3.31. The van der Waals surface area contributed by atoms with Crippen molar-refractivity contribution in [2.24, 2.45) is 0 Å². The number of rotatable bonds is 3. The fourth-order valence-electron chi connectivity index (χ4n) is 1.94. The molecule has 20 heavy (non-hydrogen) atoms. The van der Waals surface area contributed by atoms with E-state index in [0.29, 0.717) is 28.8 Å². The van der Waals surface area contributed by atoms with E-state index in [1.54, 1.807) is 6.07 Å². The van der Waals surface area contributed by atoms with Gasteiger partial charge in [-0.15, -0.1) is 0 Å². The zero-order valence-corrected chi connectivity index (χ0v) is 11.3. The van der Waals surface area contributed by atoms with Gasteiger partial charge >= 0.3 is 0 Å². The quantitative estimate of drug-likeness (QED) is 0.747. The second kappa shape index (κ2) is 5.35. The Balaban J connectivity index is 1.88. The molecule has 0 saturated heterocycles. The number of nitrogens with zero attached hydrogens (tertiary/aromatic N) is 2. The van der Waals surface area contributed by atoms with Crippen LogP contribution in [0.15, 0.2) is 53.1 Å². The molecule has 0 spiro atoms. The Bertz CT molecular complexity index is 739. The van der Waals surface area contributed by atoms with E-state index in [4.69, 9.17) is 21.9 Å². The molecule has 0 amide bonds. The van der Waals surface area contributed by atoms with Crippen molar-refractivity contribution in [3.05, 3.63) is 65.0 Å². The zero-order valence-electron chi connectivity index (χ0n) is 10.6. The smallest absolute Gasteiger partial charge is 0.231 e. The third kappa shape index (κ3) is 2.51. The van der Waals surface area contributed by atoms with Crippen LogP contribution in [0.5, 0.6) is 0 Å². The molecular formula is C15H12ClN3O. The molecule has 2 N–H and O–H groups in total. The predicted octanol–water partition coefficient (Wildman–Crippen LogP) is 3.56. The minimum atomic E-state index is 0.486. The summed E-state index contributed by atoms with van der Waals surface area (Å²) < 4.78 is 5.26. The fourth-order valence-corrected chi connectivity index (χ4v) is 2.16. The molecule has 0 aliphatic carbocycles. The minimum absolute atomic E-state index is 0.486. The Kier molecular flexibility index (Phi) is 3.39. The molecule has 2 aromatic carbocycles. The van der Waals surface area contributed by atoms with Gasteiger partial charge < -0.3 is 10.3 Å². The molecule has 3 rings (SSSR count). The molecular weight excluding hydrogens is 274 g/mol. The molecule has 0 unspecified atom stereocenters. The van der Waals surface area contributed by atoms with E-state index >= 15 is 0 Å². The first-order valence-corrected chi connectivity index (χ1v) is 6.52. The predicted molar refractivity (Wildman–Crippen MR) is 78.4 cm³/mol. The summed E-state index contributed by atoms with van der Waals surface area (Å²) in [6.07, 6.45) is 0.504. The van der Waals surface area contributed by atoms with Crippen LogP contribution in [-0.2, 0) is 6.42 Å². The number of benzene rings is 2. The van der Waals surface area contributed by atoms with Crippen LogP contribution in [0.1, 0.15) is 11.5 Å². The summed E-state index contributed by atoms with van der Waals surface area (Å²) >= 11 is 6.11. The van der Waals surface area contributed by atoms with Crippen molar-refractivity contribution in [3.8, 4) is 11.4 Å². The summed E-state index contributed by atoms with van der Waals surface area (Å²) in [6, 6.07) is 15.0. The molecule has 0 aliphatic heterocycles. The van der Waals surface area contributed by atoms with E-state index in [1.807, 2.05) is 42.5 Å². The monoisotopic (exact) mass is 285 g/mol. The van der Waals surface area contributed by atoms with Gasteiger partial charge in [-0.05, 0) is 23.8 Å². The van der Waals surface area contributed by atoms with Crippen molar-refractivity contribution in [3.63, 3.8) is 0 Å². The van der Waals surface area contributed by atoms with Crippen molar-refractivity contribution < 1.29 is 4.52 Å². The van der Waals surface area contributed by atoms with Gasteiger partial charge in [-0.3, -0.25) is 0 Å². The van der Waals surface area contributed by atoms with Crippen molar-refractivity contribution in [1.29, 1.82) is 0 Å². The van der Waals surface area contributed by atoms with Crippen LogP contribution in [0.25, 0.3) is 11.4 Å². The molecule has 0 atom stereocenters. The molecule has 1 aromatic heterocycles. The maximum absolute atomic E-state index is 6.11. The van der Waals surface area contributed by atoms with E-state index in [9.17, 15) is 0 Å². The SMILES string of the molecule is Nc1ccccc1Cc1nc(-c2ccccc2Cl)no1. The van der Waals surface area contributed by atoms with E-state index in [-0.39, 0.29) is 0 Å². The van der Waals surface area contributed by atoms with E-state index in [1.165, 1.54) is 0 Å². The van der Waals surface area contributed by atoms with E-state index in [2.05, 4.69) is 10.1 Å². The minimum Gasteiger partial charge on any atom is -0.398 e. The van der Waals surface area contributed by atoms with Gasteiger partial charge in [0.05, 0.1) is 11.4 Å². The van der Waals surface area contributed by atoms with E-state index < -0.39 is 0 Å². The number of nitrogen functional groups attached to an aromatic ring is 1. The summed E-state index contributed by atoms with van der Waals surface area (Å²) in [5.41, 5.74) is 8.33. The topological polar surface area (TPSA) is 64.9 Å². The number of aromatic nitrogens is 2. The van der Waals surface area contributed by atoms with Gasteiger partial charge in [0, 0.05) is 11.3 Å². The normalized spacial score (nSPS) is 10.7. The van der Waals surface area contributed by atoms with Gasteiger partial charge in [0.15, 0.2) is 0 Å². The standard InChI is InChI=1S/C15H12ClN3O/c16-12-7-3-2-6-11(12)15-18-14(20-19-15)9-10-5-1-4-8-13(10)17/h1-8H,9,17H2. The second-order valence-corrected chi connectivity index (χ2v) is 4.77. The van der Waals surface area contributed by atoms with Crippen LogP contribution in [0.2, 0.25) is 5.02 Å². The lowest BCUT2D eigenvalue weighted by Crippen LogP contribution is -1.95. The molecule has 0 saturated carbocycles. The van der Waals surface area contributed by atoms with Gasteiger partial charge in [-0.25, -0.2) is 0 Å². The van der Waals surface area contributed by atoms with Crippen molar-refractivity contribution in [1.82, 2.24) is 10.1 Å². The lowest BCUT2D eigenvalue weighted by atomic mass is 10.1. The van der Waals surface area contributed by atoms with Crippen LogP contribution in [0, 0.1) is 0 Å². The molecule has 4 nitrogen and oxygen atoms in total. The number of para-hydroxylation sites is 1. The first-order valence-electron chi connectivity index (χ1n) is 6.15. The Morgan fingerprint density at radius 2 is 1.80 bits per heavy atom. The molecule has 0 radical (unpaired) electrons. The highest BCUT2D eigenvalue weighted by Gasteiger charge is 2.12. The largest absolute Gasteiger partial charge is 0.398 e. The molecule has 1 heterocycles. The maximum Gasteiger partial charge on any atom is 0.231 e. The lowest BCUT2D eigenvalue weighted by molar-refractivity contribution is 0.386. The Morgan fingerprint density at radius 3 is 2.60 bits per heavy atom. The highest BCUT2D eigenvalue weighted by Crippen LogP contribution is 2.25. The number of hydrogen-bond donors (Lipinski definition) is 1. The molecule has 0 fully saturated rings. The first kappa shape index (κ1) is 12.7. The number of halogens is 1. The molecule has 5 heteroatoms. The van der Waals surface area contributed by atoms with Crippen LogP contribution in [0.3, 0.4) is 0 Å². The van der Waals surface area contributed by atoms with Crippen molar-refractivity contribution in [2.75, 3.05) is 5.73 Å². The van der Waals surface area contributed by atoms with Crippen LogP contribution >= 0.6 is 11.6 Å². The van der Waals surface area contributed by atoms with Crippen molar-refractivity contribution in [2.45, 2.75) is 6.42 Å². The summed E-state index contributed by atoms with van der Waals surface area (Å²) in [7, 11) is 0. The summed E-state index contributed by atoms with van der Waals surface area (Å²) in [5, 5.41) is 4.56. The third-order valence-electron chi connectivity index (χ3n) is 2.98. The van der Waals surface area contributed by atoms with Gasteiger partial charge in [-0.1, -0.05) is 47.1 Å². The lowest BCUT2D eigenvalue weighted by Gasteiger charge is -2.00. The fraction of sp³-hybridized carbons (Fsp3) is 0.0667. The zero-order chi connectivity index (χ0) is 13.9. The first-order chi connectivity index (χ1) is 9.74. The van der Waals surface area contributed by atoms with Crippen LogP contribution in [-0.4, -0.2) is 10.1 Å². The van der Waals surface area contributed by atoms with Crippen LogP contribution < -0.4 is 5.73 Å². The average Bonchev–Trinajstić information content (AvgIpc) is 2.90.